The SMILES string of the molecule is [2H]C(=O)/C(=N/N=C(/C([2H])=O)c1ccc(C)cc1)c1ccc(C)cc1. The highest BCUT2D eigenvalue weighted by Gasteiger charge is 2.04. The minimum absolute atomic E-state index is 0.180. The van der Waals surface area contributed by atoms with E-state index in [1.54, 1.807) is 48.5 Å². The zero-order chi connectivity index (χ0) is 17.7. The summed E-state index contributed by atoms with van der Waals surface area (Å²) in [5, 5.41) is 7.54. The maximum Gasteiger partial charge on any atom is 0.170 e. The Morgan fingerprint density at radius 1 is 0.773 bits per heavy atom. The van der Waals surface area contributed by atoms with Gasteiger partial charge in [-0.15, -0.1) is 10.2 Å². The smallest absolute Gasteiger partial charge is 0.170 e. The molecule has 0 bridgehead atoms. The van der Waals surface area contributed by atoms with Crippen molar-refractivity contribution in [3.05, 3.63) is 70.8 Å². The number of aryl methyl sites for hydroxylation is 2. The predicted molar refractivity (Wildman–Crippen MR) is 87.6 cm³/mol. The maximum atomic E-state index is 11.5. The van der Waals surface area contributed by atoms with E-state index >= 15 is 0 Å². The van der Waals surface area contributed by atoms with Gasteiger partial charge in [0.25, 0.3) is 0 Å². The Bertz CT molecular complexity index is 752. The van der Waals surface area contributed by atoms with E-state index in [0.29, 0.717) is 11.1 Å². The molecular weight excluding hydrogens is 276 g/mol. The van der Waals surface area contributed by atoms with Crippen LogP contribution in [0.5, 0.6) is 0 Å². The molecule has 0 amide bonds. The third-order valence-corrected chi connectivity index (χ3v) is 3.09. The topological polar surface area (TPSA) is 58.9 Å². The average Bonchev–Trinajstić information content (AvgIpc) is 2.53. The van der Waals surface area contributed by atoms with Gasteiger partial charge in [-0.05, 0) is 13.8 Å². The van der Waals surface area contributed by atoms with Crippen LogP contribution in [-0.2, 0) is 9.59 Å². The molecule has 22 heavy (non-hydrogen) atoms. The number of nitrogens with zero attached hydrogens (tertiary/aromatic N) is 2. The number of rotatable bonds is 5. The molecule has 0 unspecified atom stereocenters. The Hall–Kier alpha value is -2.88. The standard InChI is InChI=1S/C18H16N2O2/c1-13-3-7-15(8-4-13)17(11-21)19-20-18(12-22)16-9-5-14(2)6-10-16/h3-12H,1-2H3/b19-17-,20-18-/i11D,12D. The summed E-state index contributed by atoms with van der Waals surface area (Å²) in [6.45, 7) is 3.80. The van der Waals surface area contributed by atoms with E-state index in [2.05, 4.69) is 10.2 Å². The van der Waals surface area contributed by atoms with E-state index in [9.17, 15) is 9.59 Å². The molecule has 110 valence electrons. The summed E-state index contributed by atoms with van der Waals surface area (Å²) in [6, 6.07) is 13.8. The van der Waals surface area contributed by atoms with Crippen molar-refractivity contribution in [3.63, 3.8) is 0 Å². The van der Waals surface area contributed by atoms with Gasteiger partial charge < -0.3 is 0 Å². The van der Waals surface area contributed by atoms with Gasteiger partial charge in [0, 0.05) is 11.1 Å². The Morgan fingerprint density at radius 3 is 1.36 bits per heavy atom. The highest BCUT2D eigenvalue weighted by Crippen LogP contribution is 2.06. The van der Waals surface area contributed by atoms with E-state index in [-0.39, 0.29) is 11.4 Å². The fourth-order valence-corrected chi connectivity index (χ4v) is 1.80. The summed E-state index contributed by atoms with van der Waals surface area (Å²) in [6.07, 6.45) is -2.02. The van der Waals surface area contributed by atoms with Crippen molar-refractivity contribution in [2.24, 2.45) is 10.2 Å². The fourth-order valence-electron chi connectivity index (χ4n) is 1.80. The molecule has 0 aliphatic rings. The van der Waals surface area contributed by atoms with Gasteiger partial charge in [0.05, 0.1) is 0 Å². The van der Waals surface area contributed by atoms with Gasteiger partial charge in [0.1, 0.15) is 14.2 Å². The van der Waals surface area contributed by atoms with Crippen LogP contribution < -0.4 is 0 Å². The van der Waals surface area contributed by atoms with Crippen molar-refractivity contribution >= 4 is 23.9 Å². The monoisotopic (exact) mass is 294 g/mol. The summed E-state index contributed by atoms with van der Waals surface area (Å²) in [7, 11) is 0. The van der Waals surface area contributed by atoms with Crippen LogP contribution in [0.15, 0.2) is 58.7 Å². The first kappa shape index (κ1) is 12.8. The lowest BCUT2D eigenvalue weighted by Crippen LogP contribution is -2.05. The van der Waals surface area contributed by atoms with Crippen LogP contribution in [0.1, 0.15) is 25.0 Å². The van der Waals surface area contributed by atoms with Crippen molar-refractivity contribution in [1.82, 2.24) is 0 Å². The first-order valence-corrected chi connectivity index (χ1v) is 6.70. The molecule has 0 heterocycles. The first-order valence-electron chi connectivity index (χ1n) is 7.70. The average molecular weight is 294 g/mol. The molecule has 2 aromatic rings. The van der Waals surface area contributed by atoms with E-state index in [1.807, 2.05) is 13.8 Å². The van der Waals surface area contributed by atoms with Crippen LogP contribution in [-0.4, -0.2) is 23.9 Å². The number of hydrogen-bond donors (Lipinski definition) is 0. The molecular formula is C18H16N2O2. The van der Waals surface area contributed by atoms with Gasteiger partial charge in [0.15, 0.2) is 12.5 Å². The van der Waals surface area contributed by atoms with E-state index in [4.69, 9.17) is 2.74 Å². The number of hydrogen-bond acceptors (Lipinski definition) is 4. The summed E-state index contributed by atoms with van der Waals surface area (Å²) >= 11 is 0. The van der Waals surface area contributed by atoms with Crippen LogP contribution in [0.25, 0.3) is 0 Å². The molecule has 0 atom stereocenters. The number of carbonyl (C=O) groups is 2. The normalized spacial score (nSPS) is 13.4. The molecule has 0 saturated heterocycles. The van der Waals surface area contributed by atoms with Crippen LogP contribution in [0.2, 0.25) is 0 Å². The molecule has 0 radical (unpaired) electrons. The molecule has 0 fully saturated rings. The minimum Gasteiger partial charge on any atom is -0.296 e. The summed E-state index contributed by atoms with van der Waals surface area (Å²) in [5.41, 5.74) is 2.51. The zero-order valence-electron chi connectivity index (χ0n) is 14.3. The van der Waals surface area contributed by atoms with Crippen molar-refractivity contribution in [1.29, 1.82) is 0 Å². The highest BCUT2D eigenvalue weighted by atomic mass is 16.1. The van der Waals surface area contributed by atoms with Gasteiger partial charge in [-0.3, -0.25) is 9.59 Å². The summed E-state index contributed by atoms with van der Waals surface area (Å²) in [4.78, 5) is 23.1. The lowest BCUT2D eigenvalue weighted by Gasteiger charge is -2.00. The van der Waals surface area contributed by atoms with Crippen molar-refractivity contribution in [3.8, 4) is 0 Å². The molecule has 0 aliphatic heterocycles. The summed E-state index contributed by atoms with van der Waals surface area (Å²) in [5.74, 6) is 0. The fraction of sp³-hybridized carbons (Fsp3) is 0.111. The first-order chi connectivity index (χ1) is 11.4. The van der Waals surface area contributed by atoms with Gasteiger partial charge in [0.2, 0.25) is 0 Å². The molecule has 4 heteroatoms. The lowest BCUT2D eigenvalue weighted by atomic mass is 10.1. The van der Waals surface area contributed by atoms with Crippen LogP contribution in [0.4, 0.5) is 0 Å². The molecule has 2 rings (SSSR count). The van der Waals surface area contributed by atoms with Crippen LogP contribution in [0, 0.1) is 13.8 Å². The molecule has 0 N–H and O–H groups in total. The van der Waals surface area contributed by atoms with Gasteiger partial charge >= 0.3 is 0 Å². The van der Waals surface area contributed by atoms with Crippen LogP contribution >= 0.6 is 0 Å². The second kappa shape index (κ2) is 7.22. The van der Waals surface area contributed by atoms with Gasteiger partial charge in [-0.25, -0.2) is 0 Å². The molecule has 4 nitrogen and oxygen atoms in total. The van der Waals surface area contributed by atoms with Crippen molar-refractivity contribution in [2.75, 3.05) is 0 Å². The van der Waals surface area contributed by atoms with Crippen molar-refractivity contribution in [2.45, 2.75) is 13.8 Å². The van der Waals surface area contributed by atoms with E-state index < -0.39 is 12.5 Å². The Kier molecular flexibility index (Phi) is 4.21. The third-order valence-electron chi connectivity index (χ3n) is 3.09. The van der Waals surface area contributed by atoms with E-state index in [0.717, 1.165) is 11.1 Å². The Labute approximate surface area is 132 Å². The highest BCUT2D eigenvalue weighted by molar-refractivity contribution is 6.38. The van der Waals surface area contributed by atoms with Gasteiger partial charge in [-0.2, -0.15) is 0 Å². The quantitative estimate of drug-likeness (QED) is 0.483. The minimum atomic E-state index is -1.01. The second-order valence-electron chi connectivity index (χ2n) is 4.83. The zero-order valence-corrected chi connectivity index (χ0v) is 12.3. The van der Waals surface area contributed by atoms with E-state index in [1.165, 1.54) is 0 Å². The number of carbonyl (C=O) groups excluding carboxylic acids is 2. The number of aldehydes is 2. The molecule has 2 aromatic carbocycles. The van der Waals surface area contributed by atoms with Crippen LogP contribution in [0.3, 0.4) is 0 Å². The summed E-state index contributed by atoms with van der Waals surface area (Å²) < 4.78 is 14.7. The Morgan fingerprint density at radius 2 is 1.09 bits per heavy atom. The maximum absolute atomic E-state index is 11.5. The van der Waals surface area contributed by atoms with Crippen molar-refractivity contribution < 1.29 is 12.3 Å². The number of benzene rings is 2. The lowest BCUT2D eigenvalue weighted by molar-refractivity contribution is -0.103. The molecule has 0 spiro atoms. The predicted octanol–water partition coefficient (Wildman–Crippen LogP) is 2.89. The molecule has 0 aliphatic carbocycles. The third kappa shape index (κ3) is 3.82. The van der Waals surface area contributed by atoms with Gasteiger partial charge in [-0.1, -0.05) is 59.7 Å². The largest absolute Gasteiger partial charge is 0.296 e. The Balaban J connectivity index is 2.47. The molecule has 0 saturated carbocycles. The second-order valence-corrected chi connectivity index (χ2v) is 4.83. The molecule has 0 aromatic heterocycles.